The summed E-state index contributed by atoms with van der Waals surface area (Å²) in [6.45, 7) is 3.85. The fraction of sp³-hybridized carbons (Fsp3) is 0.294. The van der Waals surface area contributed by atoms with Crippen LogP contribution in [0, 0.1) is 20.2 Å². The first kappa shape index (κ1) is 29.1. The maximum absolute atomic E-state index is 11.1. The van der Waals surface area contributed by atoms with Crippen LogP contribution in [0.4, 0.5) is 11.4 Å². The third kappa shape index (κ3) is 6.73. The summed E-state index contributed by atoms with van der Waals surface area (Å²) in [4.78, 5) is 25.8. The van der Waals surface area contributed by atoms with Crippen molar-refractivity contribution in [3.8, 4) is 0 Å². The van der Waals surface area contributed by atoms with Gasteiger partial charge in [-0.3, -0.25) is 20.2 Å². The third-order valence-corrected chi connectivity index (χ3v) is 8.37. The topological polar surface area (TPSA) is 92.8 Å². The van der Waals surface area contributed by atoms with Crippen LogP contribution in [0.2, 0.25) is 0 Å². The van der Waals surface area contributed by atoms with E-state index in [-0.39, 0.29) is 22.2 Å². The van der Waals surface area contributed by atoms with Gasteiger partial charge in [-0.1, -0.05) is 72.8 Å². The summed E-state index contributed by atoms with van der Waals surface area (Å²) in [6.07, 6.45) is 1.99. The van der Waals surface area contributed by atoms with E-state index >= 15 is 0 Å². The Labute approximate surface area is 246 Å². The Hall–Kier alpha value is -4.40. The molecule has 0 radical (unpaired) electrons. The molecule has 2 atom stereocenters. The average Bonchev–Trinajstić information content (AvgIpc) is 3.29. The molecule has 0 aromatic heterocycles. The number of hydrogen-bond acceptors (Lipinski definition) is 6. The molecular weight excluding hydrogens is 528 g/mol. The van der Waals surface area contributed by atoms with Crippen LogP contribution in [0.15, 0.2) is 97.1 Å². The Balaban J connectivity index is 0.000000175. The monoisotopic (exact) mass is 564 g/mol. The Kier molecular flexibility index (Phi) is 9.05. The maximum atomic E-state index is 11.1. The highest BCUT2D eigenvalue weighted by Crippen LogP contribution is 2.34. The molecule has 0 spiro atoms. The summed E-state index contributed by atoms with van der Waals surface area (Å²) >= 11 is 0. The molecule has 4 aromatic rings. The molecule has 2 aliphatic heterocycles. The lowest BCUT2D eigenvalue weighted by atomic mass is 9.87. The quantitative estimate of drug-likeness (QED) is 0.210. The van der Waals surface area contributed by atoms with Crippen LogP contribution >= 0.6 is 0 Å². The second kappa shape index (κ2) is 13.1. The molecule has 6 rings (SSSR count). The van der Waals surface area contributed by atoms with Crippen molar-refractivity contribution in [2.75, 3.05) is 40.3 Å². The number of nitro groups is 2. The number of nitro benzene ring substituents is 2. The van der Waals surface area contributed by atoms with Gasteiger partial charge in [0.2, 0.25) is 0 Å². The summed E-state index contributed by atoms with van der Waals surface area (Å²) in [5.41, 5.74) is 7.51. The van der Waals surface area contributed by atoms with Gasteiger partial charge in [0.1, 0.15) is 0 Å². The van der Waals surface area contributed by atoms with Crippen molar-refractivity contribution in [2.24, 2.45) is 0 Å². The average molecular weight is 565 g/mol. The van der Waals surface area contributed by atoms with Crippen molar-refractivity contribution in [3.63, 3.8) is 0 Å². The Morgan fingerprint density at radius 1 is 0.595 bits per heavy atom. The summed E-state index contributed by atoms with van der Waals surface area (Å²) < 4.78 is 0. The highest BCUT2D eigenvalue weighted by Gasteiger charge is 2.26. The lowest BCUT2D eigenvalue weighted by Gasteiger charge is -2.21. The van der Waals surface area contributed by atoms with Crippen LogP contribution in [-0.2, 0) is 12.8 Å². The second-order valence-corrected chi connectivity index (χ2v) is 11.2. The van der Waals surface area contributed by atoms with E-state index in [0.717, 1.165) is 49.2 Å². The van der Waals surface area contributed by atoms with E-state index in [4.69, 9.17) is 0 Å². The minimum Gasteiger partial charge on any atom is -0.305 e. The van der Waals surface area contributed by atoms with Gasteiger partial charge in [-0.25, -0.2) is 0 Å². The van der Waals surface area contributed by atoms with Crippen LogP contribution in [0.1, 0.15) is 45.2 Å². The van der Waals surface area contributed by atoms with Crippen molar-refractivity contribution in [3.05, 3.63) is 151 Å². The zero-order valence-electron chi connectivity index (χ0n) is 24.1. The number of fused-ring (bicyclic) bond motifs is 2. The third-order valence-electron chi connectivity index (χ3n) is 8.37. The first-order chi connectivity index (χ1) is 20.3. The highest BCUT2D eigenvalue weighted by atomic mass is 16.6. The van der Waals surface area contributed by atoms with Crippen LogP contribution in [-0.4, -0.2) is 59.9 Å². The van der Waals surface area contributed by atoms with Gasteiger partial charge in [0.25, 0.3) is 11.4 Å². The molecule has 0 bridgehead atoms. The van der Waals surface area contributed by atoms with E-state index in [1.54, 1.807) is 18.2 Å². The predicted octanol–water partition coefficient (Wildman–Crippen LogP) is 6.43. The van der Waals surface area contributed by atoms with E-state index in [1.165, 1.54) is 34.9 Å². The van der Waals surface area contributed by atoms with Crippen molar-refractivity contribution in [1.82, 2.24) is 9.80 Å². The Morgan fingerprint density at radius 2 is 1.10 bits per heavy atom. The van der Waals surface area contributed by atoms with E-state index in [0.29, 0.717) is 12.5 Å². The first-order valence-electron chi connectivity index (χ1n) is 14.3. The van der Waals surface area contributed by atoms with Gasteiger partial charge < -0.3 is 9.80 Å². The summed E-state index contributed by atoms with van der Waals surface area (Å²) in [7, 11) is 4.24. The van der Waals surface area contributed by atoms with E-state index < -0.39 is 4.92 Å². The standard InChI is InChI=1S/C17H17N3O4.C17H19N/c1-18-9-8-13-4-7-15(20(23)24)10-16(13)17(11-18)12-2-5-14(6-3-12)19(21)22;1-18-12-11-15-9-5-6-10-16(15)17(13-18)14-7-3-2-4-8-14/h2-7,10,17H,8-9,11H2,1H3;2-10,17H,11-13H2,1H3. The summed E-state index contributed by atoms with van der Waals surface area (Å²) in [5.74, 6) is 0.461. The number of benzene rings is 4. The number of likely N-dealkylation sites (N-methyl/N-ethyl adjacent to an activating group) is 2. The van der Waals surface area contributed by atoms with Crippen molar-refractivity contribution < 1.29 is 9.85 Å². The van der Waals surface area contributed by atoms with Gasteiger partial charge in [-0.05, 0) is 60.3 Å². The van der Waals surface area contributed by atoms with Gasteiger partial charge in [-0.15, -0.1) is 0 Å². The van der Waals surface area contributed by atoms with Crippen molar-refractivity contribution >= 4 is 11.4 Å². The molecule has 4 aromatic carbocycles. The molecule has 2 unspecified atom stereocenters. The molecule has 0 N–H and O–H groups in total. The van der Waals surface area contributed by atoms with Gasteiger partial charge in [-0.2, -0.15) is 0 Å². The maximum Gasteiger partial charge on any atom is 0.269 e. The molecule has 0 fully saturated rings. The fourth-order valence-electron chi connectivity index (χ4n) is 6.06. The lowest BCUT2D eigenvalue weighted by molar-refractivity contribution is -0.385. The first-order valence-corrected chi connectivity index (χ1v) is 14.3. The predicted molar refractivity (Wildman–Crippen MR) is 165 cm³/mol. The molecule has 42 heavy (non-hydrogen) atoms. The lowest BCUT2D eigenvalue weighted by Crippen LogP contribution is -2.24. The van der Waals surface area contributed by atoms with Crippen LogP contribution in [0.3, 0.4) is 0 Å². The Bertz CT molecular complexity index is 1540. The smallest absolute Gasteiger partial charge is 0.269 e. The van der Waals surface area contributed by atoms with Gasteiger partial charge in [0.05, 0.1) is 9.85 Å². The molecule has 0 aliphatic carbocycles. The molecule has 8 nitrogen and oxygen atoms in total. The number of nitrogens with zero attached hydrogens (tertiary/aromatic N) is 4. The van der Waals surface area contributed by atoms with E-state index in [9.17, 15) is 20.2 Å². The zero-order chi connectivity index (χ0) is 29.6. The van der Waals surface area contributed by atoms with Crippen molar-refractivity contribution in [1.29, 1.82) is 0 Å². The fourth-order valence-corrected chi connectivity index (χ4v) is 6.06. The summed E-state index contributed by atoms with van der Waals surface area (Å²) in [5, 5.41) is 22.0. The molecule has 0 saturated carbocycles. The highest BCUT2D eigenvalue weighted by molar-refractivity contribution is 5.48. The van der Waals surface area contributed by atoms with Crippen LogP contribution in [0.25, 0.3) is 0 Å². The van der Waals surface area contributed by atoms with Crippen LogP contribution in [0.5, 0.6) is 0 Å². The normalized spacial score (nSPS) is 18.8. The van der Waals surface area contributed by atoms with Crippen LogP contribution < -0.4 is 0 Å². The number of hydrogen-bond donors (Lipinski definition) is 0. The van der Waals surface area contributed by atoms with Gasteiger partial charge in [0.15, 0.2) is 0 Å². The molecule has 2 aliphatic rings. The second-order valence-electron chi connectivity index (χ2n) is 11.2. The molecule has 2 heterocycles. The molecule has 0 amide bonds. The molecule has 8 heteroatoms. The van der Waals surface area contributed by atoms with Gasteiger partial charge >= 0.3 is 0 Å². The Morgan fingerprint density at radius 3 is 1.71 bits per heavy atom. The molecule has 0 saturated heterocycles. The minimum absolute atomic E-state index is 0.0417. The number of non-ortho nitro benzene ring substituents is 2. The van der Waals surface area contributed by atoms with E-state index in [1.807, 2.05) is 13.1 Å². The summed E-state index contributed by atoms with van der Waals surface area (Å²) in [6, 6.07) is 31.2. The molecular formula is C34H36N4O4. The molecule has 216 valence electrons. The zero-order valence-corrected chi connectivity index (χ0v) is 24.1. The van der Waals surface area contributed by atoms with E-state index in [2.05, 4.69) is 71.4 Å². The largest absolute Gasteiger partial charge is 0.305 e. The number of rotatable bonds is 4. The van der Waals surface area contributed by atoms with Gasteiger partial charge in [0, 0.05) is 62.3 Å². The van der Waals surface area contributed by atoms with Crippen molar-refractivity contribution in [2.45, 2.75) is 24.7 Å². The SMILES string of the molecule is CN1CCc2ccc([N+](=O)[O-])cc2C(c2ccc([N+](=O)[O-])cc2)C1.CN1CCc2ccccc2C(c2ccccc2)C1. The minimum atomic E-state index is -0.429.